The lowest BCUT2D eigenvalue weighted by atomic mass is 9.86. The second-order valence-corrected chi connectivity index (χ2v) is 12.4. The van der Waals surface area contributed by atoms with E-state index < -0.39 is 11.4 Å². The Hall–Kier alpha value is -4.86. The molecule has 10 nitrogen and oxygen atoms in total. The van der Waals surface area contributed by atoms with Gasteiger partial charge in [-0.05, 0) is 31.7 Å². The topological polar surface area (TPSA) is 126 Å². The van der Waals surface area contributed by atoms with Crippen molar-refractivity contribution in [3.05, 3.63) is 95.3 Å². The quantitative estimate of drug-likeness (QED) is 0.520. The lowest BCUT2D eigenvalue weighted by Crippen LogP contribution is -2.42. The van der Waals surface area contributed by atoms with Crippen LogP contribution in [0, 0.1) is 5.41 Å². The minimum absolute atomic E-state index is 0.0487. The van der Waals surface area contributed by atoms with E-state index in [1.54, 1.807) is 35.2 Å². The highest BCUT2D eigenvalue weighted by molar-refractivity contribution is 6.23. The number of amides is 2. The highest BCUT2D eigenvalue weighted by Crippen LogP contribution is 2.32. The number of hydrogen-bond donors (Lipinski definition) is 1. The number of carbonyl (C=O) groups excluding carboxylic acids is 3. The van der Waals surface area contributed by atoms with Gasteiger partial charge < -0.3 is 19.5 Å². The van der Waals surface area contributed by atoms with E-state index in [0.717, 1.165) is 56.7 Å². The monoisotopic (exact) mass is 609 g/mol. The molecule has 3 aliphatic carbocycles. The number of likely N-dealkylation sites (tertiary alicyclic amines) is 2. The summed E-state index contributed by atoms with van der Waals surface area (Å²) in [6, 6.07) is 1.80. The van der Waals surface area contributed by atoms with Crippen molar-refractivity contribution in [2.45, 2.75) is 52.9 Å². The molecule has 10 heteroatoms. The molecule has 2 aliphatic heterocycles. The number of aromatic nitrogens is 3. The Labute approximate surface area is 263 Å². The van der Waals surface area contributed by atoms with E-state index in [4.69, 9.17) is 5.11 Å². The molecule has 234 valence electrons. The summed E-state index contributed by atoms with van der Waals surface area (Å²) >= 11 is 0. The molecule has 0 atom stereocenters. The Morgan fingerprint density at radius 1 is 0.844 bits per heavy atom. The Morgan fingerprint density at radius 3 is 1.98 bits per heavy atom. The predicted molar refractivity (Wildman–Crippen MR) is 171 cm³/mol. The molecule has 45 heavy (non-hydrogen) atoms. The summed E-state index contributed by atoms with van der Waals surface area (Å²) in [5.74, 6) is 0.112. The van der Waals surface area contributed by atoms with Gasteiger partial charge in [-0.2, -0.15) is 0 Å². The number of fused-ring (bicyclic) bond motifs is 1. The lowest BCUT2D eigenvalue weighted by molar-refractivity contribution is -0.132. The number of allylic oxidation sites excluding steroid dienone is 6. The summed E-state index contributed by atoms with van der Waals surface area (Å²) in [7, 11) is 0. The molecule has 2 amide bonds. The van der Waals surface area contributed by atoms with E-state index in [1.807, 2.05) is 67.1 Å². The van der Waals surface area contributed by atoms with Crippen LogP contribution in [0.1, 0.15) is 68.2 Å². The summed E-state index contributed by atoms with van der Waals surface area (Å²) in [5.41, 5.74) is 3.60. The van der Waals surface area contributed by atoms with Crippen molar-refractivity contribution < 1.29 is 24.3 Å². The van der Waals surface area contributed by atoms with Crippen LogP contribution in [-0.2, 0) is 20.8 Å². The number of carbonyl (C=O) groups is 4. The first-order valence-electron chi connectivity index (χ1n) is 15.4. The van der Waals surface area contributed by atoms with Crippen LogP contribution >= 0.6 is 0 Å². The minimum atomic E-state index is -0.834. The van der Waals surface area contributed by atoms with Crippen LogP contribution in [0.3, 0.4) is 0 Å². The van der Waals surface area contributed by atoms with E-state index in [9.17, 15) is 19.2 Å². The van der Waals surface area contributed by atoms with Crippen LogP contribution in [0.2, 0.25) is 0 Å². The van der Waals surface area contributed by atoms with Gasteiger partial charge in [0.1, 0.15) is 0 Å². The molecule has 0 bridgehead atoms. The third-order valence-electron chi connectivity index (χ3n) is 8.04. The van der Waals surface area contributed by atoms with E-state index in [0.29, 0.717) is 34.6 Å². The van der Waals surface area contributed by atoms with Gasteiger partial charge >= 0.3 is 5.97 Å². The fraction of sp³-hybridized carbons (Fsp3) is 0.371. The fourth-order valence-corrected chi connectivity index (χ4v) is 5.10. The Bertz CT molecular complexity index is 1660. The predicted octanol–water partition coefficient (Wildman–Crippen LogP) is 4.73. The molecule has 0 spiro atoms. The molecule has 0 radical (unpaired) electrons. The second kappa shape index (κ2) is 13.4. The van der Waals surface area contributed by atoms with E-state index in [2.05, 4.69) is 9.97 Å². The normalized spacial score (nSPS) is 17.4. The zero-order valence-electron chi connectivity index (χ0n) is 26.0. The number of nitrogens with zero attached hydrogens (tertiary/aromatic N) is 5. The maximum Gasteiger partial charge on any atom is 0.335 e. The third-order valence-corrected chi connectivity index (χ3v) is 8.04. The number of rotatable bonds is 5. The van der Waals surface area contributed by atoms with Crippen molar-refractivity contribution in [2.24, 2.45) is 5.41 Å². The van der Waals surface area contributed by atoms with Crippen LogP contribution in [0.5, 0.6) is 0 Å². The zero-order valence-corrected chi connectivity index (χ0v) is 26.0. The maximum absolute atomic E-state index is 12.7. The molecular weight excluding hydrogens is 570 g/mol. The second-order valence-electron chi connectivity index (χ2n) is 12.4. The number of carboxylic acid groups (broad SMARTS) is 1. The lowest BCUT2D eigenvalue weighted by Gasteiger charge is -2.30. The van der Waals surface area contributed by atoms with E-state index in [-0.39, 0.29) is 17.6 Å². The number of carboxylic acids is 1. The molecule has 1 N–H and O–H groups in total. The first kappa shape index (κ1) is 31.6. The van der Waals surface area contributed by atoms with Crippen molar-refractivity contribution >= 4 is 29.1 Å². The Balaban J connectivity index is 0.000000171. The van der Waals surface area contributed by atoms with E-state index in [1.165, 1.54) is 6.42 Å². The molecule has 2 aromatic heterocycles. The summed E-state index contributed by atoms with van der Waals surface area (Å²) in [6.45, 7) is 9.27. The van der Waals surface area contributed by atoms with Crippen LogP contribution in [-0.4, -0.2) is 79.2 Å². The smallest absolute Gasteiger partial charge is 0.335 e. The van der Waals surface area contributed by atoms with Gasteiger partial charge in [0.15, 0.2) is 11.6 Å². The van der Waals surface area contributed by atoms with Crippen LogP contribution in [0.15, 0.2) is 78.3 Å². The number of hydrogen-bond acceptors (Lipinski definition) is 6. The number of aliphatic carboxylic acids is 1. The average Bonchev–Trinajstić information content (AvgIpc) is 3.78. The molecular formula is C35H39N5O5. The molecule has 2 fully saturated rings. The molecule has 4 heterocycles. The standard InChI is InChI=1S/C20H22N4O2.C9H11NO.C6H6O2/c1-20(2,3)18(25)14-5-6-15-17(14)22-16(11-21-15)24-10-7-13(12-24)19(26)23-8-4-9-23;11-9(10-6-3-7-10)8-4-1-2-5-8;7-6(8)5-3-1-2-4-5/h5,7,10-12H,4,6,8-9H2,1-3H3;1,4-5H,2-3,6-7H2;1,3-4H,2H2,(H,7,8). The Morgan fingerprint density at radius 2 is 1.47 bits per heavy atom. The molecule has 2 saturated heterocycles. The highest BCUT2D eigenvalue weighted by atomic mass is 16.4. The van der Waals surface area contributed by atoms with Crippen molar-refractivity contribution in [3.63, 3.8) is 0 Å². The van der Waals surface area contributed by atoms with Gasteiger partial charge in [-0.15, -0.1) is 0 Å². The van der Waals surface area contributed by atoms with E-state index >= 15 is 0 Å². The van der Waals surface area contributed by atoms with Crippen molar-refractivity contribution in [1.29, 1.82) is 0 Å². The van der Waals surface area contributed by atoms with Gasteiger partial charge in [-0.3, -0.25) is 19.4 Å². The first-order valence-corrected chi connectivity index (χ1v) is 15.4. The van der Waals surface area contributed by atoms with Crippen LogP contribution < -0.4 is 0 Å². The van der Waals surface area contributed by atoms with Gasteiger partial charge in [0, 0.05) is 61.6 Å². The summed E-state index contributed by atoms with van der Waals surface area (Å²) in [6.07, 6.45) is 22.8. The van der Waals surface area contributed by atoms with Gasteiger partial charge in [0.25, 0.3) is 11.8 Å². The number of ketones is 1. The van der Waals surface area contributed by atoms with Gasteiger partial charge in [0.05, 0.1) is 28.7 Å². The minimum Gasteiger partial charge on any atom is -0.478 e. The average molecular weight is 610 g/mol. The summed E-state index contributed by atoms with van der Waals surface area (Å²) in [4.78, 5) is 59.4. The van der Waals surface area contributed by atoms with Gasteiger partial charge in [-0.25, -0.2) is 9.78 Å². The number of Topliss-reactive ketones (excluding diaryl/α,β-unsaturated/α-hetero) is 1. The maximum atomic E-state index is 12.7. The van der Waals surface area contributed by atoms with Gasteiger partial charge in [-0.1, -0.05) is 63.3 Å². The van der Waals surface area contributed by atoms with Crippen molar-refractivity contribution in [3.8, 4) is 5.82 Å². The van der Waals surface area contributed by atoms with Gasteiger partial charge in [0.2, 0.25) is 0 Å². The fourth-order valence-electron chi connectivity index (χ4n) is 5.10. The molecule has 7 rings (SSSR count). The summed E-state index contributed by atoms with van der Waals surface area (Å²) < 4.78 is 1.79. The molecule has 0 unspecified atom stereocenters. The largest absolute Gasteiger partial charge is 0.478 e. The SMILES string of the molecule is CC(C)(C)C(=O)C1=CCc2ncc(-n3ccc(C(=O)N4CCC4)c3)nc21.O=C(C1=CCC=C1)N1CCC1.O=C(O)C1=CCC=C1. The molecule has 0 saturated carbocycles. The van der Waals surface area contributed by atoms with Crippen molar-refractivity contribution in [2.75, 3.05) is 26.2 Å². The molecule has 0 aromatic carbocycles. The van der Waals surface area contributed by atoms with Crippen molar-refractivity contribution in [1.82, 2.24) is 24.3 Å². The Kier molecular flexibility index (Phi) is 9.41. The van der Waals surface area contributed by atoms with Crippen LogP contribution in [0.25, 0.3) is 11.4 Å². The summed E-state index contributed by atoms with van der Waals surface area (Å²) in [5, 5.41) is 8.29. The third kappa shape index (κ3) is 7.28. The molecule has 2 aromatic rings. The zero-order chi connectivity index (χ0) is 32.1. The van der Waals surface area contributed by atoms with Crippen LogP contribution in [0.4, 0.5) is 0 Å². The molecule has 5 aliphatic rings. The highest BCUT2D eigenvalue weighted by Gasteiger charge is 2.31. The first-order chi connectivity index (χ1) is 21.5.